The highest BCUT2D eigenvalue weighted by Crippen LogP contribution is 2.26. The van der Waals surface area contributed by atoms with Gasteiger partial charge in [-0.25, -0.2) is 9.78 Å². The lowest BCUT2D eigenvalue weighted by Gasteiger charge is -2.13. The molecule has 0 aliphatic heterocycles. The number of benzene rings is 3. The zero-order valence-electron chi connectivity index (χ0n) is 15.1. The van der Waals surface area contributed by atoms with Gasteiger partial charge in [0, 0.05) is 23.0 Å². The van der Waals surface area contributed by atoms with Crippen LogP contribution in [-0.4, -0.2) is 17.6 Å². The van der Waals surface area contributed by atoms with E-state index in [9.17, 15) is 4.79 Å². The van der Waals surface area contributed by atoms with Gasteiger partial charge in [-0.3, -0.25) is 0 Å². The van der Waals surface area contributed by atoms with Crippen molar-refractivity contribution in [2.75, 3.05) is 11.9 Å². The smallest absolute Gasteiger partial charge is 0.338 e. The lowest BCUT2D eigenvalue weighted by molar-refractivity contribution is 0.0526. The van der Waals surface area contributed by atoms with Crippen molar-refractivity contribution in [3.63, 3.8) is 0 Å². The predicted octanol–water partition coefficient (Wildman–Crippen LogP) is 5.18. The third kappa shape index (κ3) is 3.47. The second-order valence-electron chi connectivity index (χ2n) is 6.28. The van der Waals surface area contributed by atoms with Crippen LogP contribution in [0.15, 0.2) is 72.8 Å². The largest absolute Gasteiger partial charge is 0.462 e. The maximum atomic E-state index is 11.8. The van der Waals surface area contributed by atoms with E-state index in [1.807, 2.05) is 48.5 Å². The Morgan fingerprint density at radius 2 is 1.48 bits per heavy atom. The molecule has 0 amide bonds. The van der Waals surface area contributed by atoms with E-state index in [0.29, 0.717) is 18.7 Å². The van der Waals surface area contributed by atoms with Gasteiger partial charge in [-0.2, -0.15) is 0 Å². The van der Waals surface area contributed by atoms with Gasteiger partial charge in [0.05, 0.1) is 23.2 Å². The summed E-state index contributed by atoms with van der Waals surface area (Å²) >= 11 is 0. The average molecular weight is 356 g/mol. The molecule has 0 bridgehead atoms. The van der Waals surface area contributed by atoms with Gasteiger partial charge in [0.25, 0.3) is 0 Å². The fourth-order valence-electron chi connectivity index (χ4n) is 3.25. The van der Waals surface area contributed by atoms with E-state index in [2.05, 4.69) is 17.4 Å². The molecular weight excluding hydrogens is 336 g/mol. The Morgan fingerprint density at radius 1 is 0.889 bits per heavy atom. The van der Waals surface area contributed by atoms with E-state index >= 15 is 0 Å². The van der Waals surface area contributed by atoms with Crippen LogP contribution in [-0.2, 0) is 11.3 Å². The number of nitrogens with one attached hydrogen (secondary N) is 1. The third-order valence-corrected chi connectivity index (χ3v) is 4.56. The summed E-state index contributed by atoms with van der Waals surface area (Å²) in [6.45, 7) is 2.85. The first-order valence-electron chi connectivity index (χ1n) is 9.03. The molecule has 134 valence electrons. The Kier molecular flexibility index (Phi) is 4.71. The van der Waals surface area contributed by atoms with E-state index in [-0.39, 0.29) is 5.97 Å². The molecule has 0 aliphatic rings. The molecule has 4 rings (SSSR count). The molecule has 4 nitrogen and oxygen atoms in total. The molecule has 0 saturated carbocycles. The molecule has 4 aromatic rings. The van der Waals surface area contributed by atoms with Gasteiger partial charge in [0.15, 0.2) is 0 Å². The molecule has 1 heterocycles. The number of hydrogen-bond donors (Lipinski definition) is 1. The van der Waals surface area contributed by atoms with Crippen LogP contribution < -0.4 is 5.32 Å². The number of fused-ring (bicyclic) bond motifs is 2. The minimum atomic E-state index is -0.296. The number of carbonyl (C=O) groups is 1. The van der Waals surface area contributed by atoms with Gasteiger partial charge < -0.3 is 10.1 Å². The van der Waals surface area contributed by atoms with Crippen molar-refractivity contribution in [1.82, 2.24) is 4.98 Å². The Hall–Kier alpha value is -3.40. The van der Waals surface area contributed by atoms with Crippen LogP contribution >= 0.6 is 0 Å². The summed E-state index contributed by atoms with van der Waals surface area (Å²) in [5.74, 6) is -0.296. The topological polar surface area (TPSA) is 51.2 Å². The second-order valence-corrected chi connectivity index (χ2v) is 6.28. The van der Waals surface area contributed by atoms with Crippen LogP contribution in [0.25, 0.3) is 21.8 Å². The predicted molar refractivity (Wildman–Crippen MR) is 109 cm³/mol. The maximum absolute atomic E-state index is 11.8. The van der Waals surface area contributed by atoms with Crippen molar-refractivity contribution in [2.45, 2.75) is 13.5 Å². The summed E-state index contributed by atoms with van der Waals surface area (Å²) in [7, 11) is 0. The van der Waals surface area contributed by atoms with Crippen molar-refractivity contribution < 1.29 is 9.53 Å². The number of anilines is 1. The second kappa shape index (κ2) is 7.46. The normalized spacial score (nSPS) is 10.9. The highest BCUT2D eigenvalue weighted by molar-refractivity contribution is 5.97. The number of aromatic nitrogens is 1. The molecule has 1 aromatic heterocycles. The fourth-order valence-corrected chi connectivity index (χ4v) is 3.25. The number of pyridine rings is 1. The summed E-state index contributed by atoms with van der Waals surface area (Å²) < 4.78 is 5.03. The Morgan fingerprint density at radius 3 is 2.07 bits per heavy atom. The minimum Gasteiger partial charge on any atom is -0.462 e. The summed E-state index contributed by atoms with van der Waals surface area (Å²) in [4.78, 5) is 16.5. The van der Waals surface area contributed by atoms with Crippen LogP contribution in [0.5, 0.6) is 0 Å². The molecule has 3 aromatic carbocycles. The average Bonchev–Trinajstić information content (AvgIpc) is 2.71. The van der Waals surface area contributed by atoms with Crippen LogP contribution in [0.3, 0.4) is 0 Å². The van der Waals surface area contributed by atoms with Gasteiger partial charge in [0.2, 0.25) is 0 Å². The number of esters is 1. The highest BCUT2D eigenvalue weighted by Gasteiger charge is 2.09. The number of carbonyl (C=O) groups excluding carboxylic acids is 1. The third-order valence-electron chi connectivity index (χ3n) is 4.56. The first-order chi connectivity index (χ1) is 13.3. The molecule has 27 heavy (non-hydrogen) atoms. The number of para-hydroxylation sites is 2. The first kappa shape index (κ1) is 17.0. The zero-order valence-corrected chi connectivity index (χ0v) is 15.1. The van der Waals surface area contributed by atoms with Crippen LogP contribution in [0, 0.1) is 0 Å². The first-order valence-corrected chi connectivity index (χ1v) is 9.03. The van der Waals surface area contributed by atoms with Gasteiger partial charge in [-0.1, -0.05) is 36.4 Å². The van der Waals surface area contributed by atoms with Crippen molar-refractivity contribution in [2.24, 2.45) is 0 Å². The molecule has 0 aliphatic carbocycles. The quantitative estimate of drug-likeness (QED) is 0.395. The Balaban J connectivity index is 1.64. The maximum Gasteiger partial charge on any atom is 0.338 e. The number of ether oxygens (including phenoxy) is 1. The van der Waals surface area contributed by atoms with Crippen molar-refractivity contribution >= 4 is 33.5 Å². The van der Waals surface area contributed by atoms with Crippen LogP contribution in [0.4, 0.5) is 5.69 Å². The van der Waals surface area contributed by atoms with E-state index in [4.69, 9.17) is 9.72 Å². The molecule has 0 unspecified atom stereocenters. The molecule has 0 atom stereocenters. The van der Waals surface area contributed by atoms with E-state index in [1.54, 1.807) is 19.1 Å². The number of hydrogen-bond acceptors (Lipinski definition) is 4. The standard InChI is InChI=1S/C23H20N2O2/c1-2-27-23(26)16-11-13-17(14-12-16)24-15-20-18-7-3-5-9-21(18)25-22-10-6-4-8-19(20)22/h3-14,24H,2,15H2,1H3. The summed E-state index contributed by atoms with van der Waals surface area (Å²) in [6.07, 6.45) is 0. The van der Waals surface area contributed by atoms with Gasteiger partial charge in [-0.05, 0) is 48.9 Å². The molecule has 1 N–H and O–H groups in total. The van der Waals surface area contributed by atoms with Gasteiger partial charge in [0.1, 0.15) is 0 Å². The highest BCUT2D eigenvalue weighted by atomic mass is 16.5. The summed E-state index contributed by atoms with van der Waals surface area (Å²) in [5, 5.41) is 5.75. The summed E-state index contributed by atoms with van der Waals surface area (Å²) in [6, 6.07) is 23.8. The van der Waals surface area contributed by atoms with Gasteiger partial charge in [-0.15, -0.1) is 0 Å². The lowest BCUT2D eigenvalue weighted by Crippen LogP contribution is -2.05. The zero-order chi connectivity index (χ0) is 18.6. The number of nitrogens with zero attached hydrogens (tertiary/aromatic N) is 1. The number of rotatable bonds is 5. The van der Waals surface area contributed by atoms with E-state index in [1.165, 1.54) is 5.56 Å². The fraction of sp³-hybridized carbons (Fsp3) is 0.130. The van der Waals surface area contributed by atoms with Crippen LogP contribution in [0.2, 0.25) is 0 Å². The van der Waals surface area contributed by atoms with E-state index in [0.717, 1.165) is 27.5 Å². The van der Waals surface area contributed by atoms with Crippen molar-refractivity contribution in [1.29, 1.82) is 0 Å². The molecule has 4 heteroatoms. The molecular formula is C23H20N2O2. The molecule has 0 fully saturated rings. The molecule has 0 saturated heterocycles. The summed E-state index contributed by atoms with van der Waals surface area (Å²) in [5.41, 5.74) is 4.71. The SMILES string of the molecule is CCOC(=O)c1ccc(NCc2c3ccccc3nc3ccccc23)cc1. The molecule has 0 spiro atoms. The van der Waals surface area contributed by atoms with Crippen molar-refractivity contribution in [3.05, 3.63) is 83.9 Å². The lowest BCUT2D eigenvalue weighted by atomic mass is 10.0. The van der Waals surface area contributed by atoms with Gasteiger partial charge >= 0.3 is 5.97 Å². The monoisotopic (exact) mass is 356 g/mol. The van der Waals surface area contributed by atoms with Crippen molar-refractivity contribution in [3.8, 4) is 0 Å². The van der Waals surface area contributed by atoms with E-state index < -0.39 is 0 Å². The Bertz CT molecular complexity index is 1050. The molecule has 0 radical (unpaired) electrons. The minimum absolute atomic E-state index is 0.296. The van der Waals surface area contributed by atoms with Crippen LogP contribution in [0.1, 0.15) is 22.8 Å². The Labute approximate surface area is 157 Å².